The summed E-state index contributed by atoms with van der Waals surface area (Å²) in [6.07, 6.45) is 4.13. The van der Waals surface area contributed by atoms with Crippen LogP contribution in [-0.2, 0) is 9.53 Å². The Morgan fingerprint density at radius 1 is 1.35 bits per heavy atom. The zero-order chi connectivity index (χ0) is 22.0. The number of carbonyl (C=O) groups is 2. The topological polar surface area (TPSA) is 140 Å². The van der Waals surface area contributed by atoms with Gasteiger partial charge in [-0.1, -0.05) is 0 Å². The first-order valence-corrected chi connectivity index (χ1v) is 10.5. The molecule has 0 aliphatic carbocycles. The van der Waals surface area contributed by atoms with Gasteiger partial charge in [0.1, 0.15) is 5.56 Å². The molecular weight excluding hydrogens is 424 g/mol. The summed E-state index contributed by atoms with van der Waals surface area (Å²) >= 11 is 1.29. The molecule has 1 saturated heterocycles. The van der Waals surface area contributed by atoms with E-state index in [0.717, 1.165) is 0 Å². The lowest BCUT2D eigenvalue weighted by Gasteiger charge is -2.38. The minimum absolute atomic E-state index is 0.0532. The predicted molar refractivity (Wildman–Crippen MR) is 113 cm³/mol. The Hall–Kier alpha value is -3.38. The number of rotatable bonds is 8. The van der Waals surface area contributed by atoms with Gasteiger partial charge in [-0.25, -0.2) is 14.8 Å². The molecule has 0 aromatic carbocycles. The van der Waals surface area contributed by atoms with Gasteiger partial charge in [-0.2, -0.15) is 4.98 Å². The number of anilines is 1. The number of carbonyl (C=O) groups excluding carboxylic acids is 1. The molecule has 162 valence electrons. The second-order valence-corrected chi connectivity index (χ2v) is 7.73. The molecule has 0 spiro atoms. The average molecular weight is 444 g/mol. The predicted octanol–water partition coefficient (Wildman–Crippen LogP) is 0.524. The highest BCUT2D eigenvalue weighted by atomic mass is 32.1. The van der Waals surface area contributed by atoms with E-state index in [2.05, 4.69) is 20.3 Å². The highest BCUT2D eigenvalue weighted by molar-refractivity contribution is 7.12. The van der Waals surface area contributed by atoms with E-state index >= 15 is 0 Å². The van der Waals surface area contributed by atoms with Gasteiger partial charge in [0.25, 0.3) is 0 Å². The molecular formula is C19H20N6O5S. The van der Waals surface area contributed by atoms with E-state index < -0.39 is 11.4 Å². The summed E-state index contributed by atoms with van der Waals surface area (Å²) < 4.78 is 6.69. The first kappa shape index (κ1) is 20.9. The van der Waals surface area contributed by atoms with Gasteiger partial charge in [0, 0.05) is 50.2 Å². The molecule has 0 unspecified atom stereocenters. The molecule has 4 heterocycles. The first-order chi connectivity index (χ1) is 15.0. The van der Waals surface area contributed by atoms with Crippen LogP contribution in [-0.4, -0.2) is 69.4 Å². The van der Waals surface area contributed by atoms with Gasteiger partial charge in [0.15, 0.2) is 10.8 Å². The molecule has 1 aliphatic rings. The van der Waals surface area contributed by atoms with Gasteiger partial charge in [-0.15, -0.1) is 11.3 Å². The van der Waals surface area contributed by atoms with Gasteiger partial charge in [0.2, 0.25) is 17.3 Å². The number of pyridine rings is 1. The molecule has 0 radical (unpaired) electrons. The van der Waals surface area contributed by atoms with Crippen molar-refractivity contribution in [3.8, 4) is 5.13 Å². The minimum atomic E-state index is -1.33. The Bertz CT molecular complexity index is 1170. The van der Waals surface area contributed by atoms with E-state index in [-0.39, 0.29) is 28.4 Å². The van der Waals surface area contributed by atoms with E-state index in [0.29, 0.717) is 43.9 Å². The molecule has 12 heteroatoms. The zero-order valence-electron chi connectivity index (χ0n) is 16.6. The number of nitrogens with zero attached hydrogens (tertiary/aromatic N) is 5. The molecule has 1 aliphatic heterocycles. The quantitative estimate of drug-likeness (QED) is 0.476. The summed E-state index contributed by atoms with van der Waals surface area (Å²) in [6, 6.07) is 0. The number of aromatic nitrogens is 4. The number of carboxylic acid groups (broad SMARTS) is 1. The van der Waals surface area contributed by atoms with E-state index in [1.54, 1.807) is 11.6 Å². The molecule has 3 aromatic rings. The lowest BCUT2D eigenvalue weighted by atomic mass is 10.00. The Labute approximate surface area is 180 Å². The van der Waals surface area contributed by atoms with Crippen molar-refractivity contribution in [2.24, 2.45) is 5.92 Å². The van der Waals surface area contributed by atoms with Gasteiger partial charge in [-0.3, -0.25) is 14.2 Å². The average Bonchev–Trinajstić information content (AvgIpc) is 3.25. The number of hydrogen-bond donors (Lipinski definition) is 2. The number of hydrogen-bond acceptors (Lipinski definition) is 9. The third kappa shape index (κ3) is 4.11. The van der Waals surface area contributed by atoms with Crippen LogP contribution in [0.15, 0.2) is 28.8 Å². The van der Waals surface area contributed by atoms with Gasteiger partial charge >= 0.3 is 5.97 Å². The smallest absolute Gasteiger partial charge is 0.341 e. The summed E-state index contributed by atoms with van der Waals surface area (Å²) in [6.45, 7) is 4.32. The van der Waals surface area contributed by atoms with Crippen LogP contribution >= 0.6 is 11.3 Å². The van der Waals surface area contributed by atoms with Crippen LogP contribution in [0.2, 0.25) is 0 Å². The number of amides is 1. The summed E-state index contributed by atoms with van der Waals surface area (Å²) in [7, 11) is 0. The Morgan fingerprint density at radius 3 is 2.84 bits per heavy atom. The van der Waals surface area contributed by atoms with Crippen molar-refractivity contribution in [3.05, 3.63) is 39.8 Å². The lowest BCUT2D eigenvalue weighted by molar-refractivity contribution is -0.125. The summed E-state index contributed by atoms with van der Waals surface area (Å²) in [4.78, 5) is 51.0. The molecule has 2 N–H and O–H groups in total. The van der Waals surface area contributed by atoms with E-state index in [1.165, 1.54) is 28.3 Å². The maximum absolute atomic E-state index is 12.6. The molecule has 0 saturated carbocycles. The molecule has 3 aromatic heterocycles. The van der Waals surface area contributed by atoms with Crippen molar-refractivity contribution in [2.75, 3.05) is 37.7 Å². The number of thiazole rings is 1. The fraction of sp³-hybridized carbons (Fsp3) is 0.368. The Morgan fingerprint density at radius 2 is 2.16 bits per heavy atom. The number of ether oxygens (including phenoxy) is 1. The van der Waals surface area contributed by atoms with Crippen LogP contribution in [0.1, 0.15) is 17.3 Å². The zero-order valence-corrected chi connectivity index (χ0v) is 17.5. The van der Waals surface area contributed by atoms with E-state index in [4.69, 9.17) is 4.74 Å². The van der Waals surface area contributed by atoms with Crippen molar-refractivity contribution >= 4 is 40.2 Å². The number of fused-ring (bicyclic) bond motifs is 1. The van der Waals surface area contributed by atoms with Gasteiger partial charge < -0.3 is 20.1 Å². The maximum atomic E-state index is 12.6. The van der Waals surface area contributed by atoms with Crippen molar-refractivity contribution in [1.82, 2.24) is 24.8 Å². The highest BCUT2D eigenvalue weighted by Crippen LogP contribution is 2.24. The second kappa shape index (κ2) is 8.78. The molecule has 1 amide bonds. The largest absolute Gasteiger partial charge is 0.477 e. The van der Waals surface area contributed by atoms with Gasteiger partial charge in [-0.05, 0) is 6.92 Å². The van der Waals surface area contributed by atoms with Crippen molar-refractivity contribution in [3.63, 3.8) is 0 Å². The van der Waals surface area contributed by atoms with Crippen LogP contribution in [0.5, 0.6) is 0 Å². The maximum Gasteiger partial charge on any atom is 0.341 e. The second-order valence-electron chi connectivity index (χ2n) is 6.86. The number of aromatic carboxylic acids is 1. The molecule has 4 rings (SSSR count). The molecule has 0 bridgehead atoms. The summed E-state index contributed by atoms with van der Waals surface area (Å²) in [5.41, 5.74) is -0.775. The van der Waals surface area contributed by atoms with Crippen LogP contribution < -0.4 is 15.6 Å². The third-order valence-corrected chi connectivity index (χ3v) is 5.64. The first-order valence-electron chi connectivity index (χ1n) is 9.65. The van der Waals surface area contributed by atoms with E-state index in [1.807, 2.05) is 11.8 Å². The molecule has 1 fully saturated rings. The lowest BCUT2D eigenvalue weighted by Crippen LogP contribution is -2.54. The van der Waals surface area contributed by atoms with Crippen molar-refractivity contribution < 1.29 is 19.4 Å². The molecule has 11 nitrogen and oxygen atoms in total. The number of nitrogens with one attached hydrogen (secondary N) is 1. The minimum Gasteiger partial charge on any atom is -0.477 e. The monoisotopic (exact) mass is 444 g/mol. The fourth-order valence-corrected chi connectivity index (χ4v) is 3.85. The fourth-order valence-electron chi connectivity index (χ4n) is 3.23. The van der Waals surface area contributed by atoms with Crippen molar-refractivity contribution in [1.29, 1.82) is 0 Å². The Kier molecular flexibility index (Phi) is 5.91. The van der Waals surface area contributed by atoms with Crippen LogP contribution in [0.3, 0.4) is 0 Å². The highest BCUT2D eigenvalue weighted by Gasteiger charge is 2.34. The van der Waals surface area contributed by atoms with E-state index in [9.17, 15) is 19.5 Å². The van der Waals surface area contributed by atoms with Crippen LogP contribution in [0, 0.1) is 5.92 Å². The Balaban J connectivity index is 1.58. The van der Waals surface area contributed by atoms with Crippen LogP contribution in [0.4, 0.5) is 5.95 Å². The third-order valence-electron chi connectivity index (χ3n) is 4.87. The van der Waals surface area contributed by atoms with Crippen LogP contribution in [0.25, 0.3) is 16.2 Å². The molecule has 0 atom stereocenters. The summed E-state index contributed by atoms with van der Waals surface area (Å²) in [5.74, 6) is -1.21. The summed E-state index contributed by atoms with van der Waals surface area (Å²) in [5, 5.41) is 14.5. The van der Waals surface area contributed by atoms with Crippen molar-refractivity contribution in [2.45, 2.75) is 6.92 Å². The normalized spacial score (nSPS) is 13.9. The van der Waals surface area contributed by atoms with Gasteiger partial charge in [0.05, 0.1) is 17.9 Å². The number of carboxylic acids is 1. The molecule has 31 heavy (non-hydrogen) atoms. The SMILES string of the molecule is CCOCCNC(=O)C1CN(c2ncc3c(=O)c(C(=O)O)cn(-c4nccs4)c3n2)C1. The standard InChI is InChI=1S/C19H20N6O5S/c1-2-30-5-3-20-16(27)11-8-24(9-11)18-22-7-12-14(26)13(17(28)29)10-25(15(12)23-18)19-21-4-6-31-19/h4,6-7,10-11H,2-3,5,8-9H2,1H3,(H,20,27)(H,28,29).